The van der Waals surface area contributed by atoms with Crippen molar-refractivity contribution in [3.05, 3.63) is 455 Å². The SMILES string of the molecule is Brc1ccc2c(c1)-c1ccccc1C2.Clc1nc2ccccc2nc1-n1c2ccccc2c2cc(-c3ccc4c(c3)c3ccccc3n4-c3ccccc3)ccc21.Clc1nc2ccccc2nc1Cl.OB(O)c1ccc2c(c1)c1ccccc1n2-c1ccccc1.OB(O)c1ccccc1Cl.c1ccc(-n2c3ccccc3c3cc(-c4ccc5[nH]c6ccccc6c5c4)ccc32)cc1. The molecule has 18 aromatic carbocycles. The lowest BCUT2D eigenvalue weighted by Crippen LogP contribution is -2.30. The minimum absolute atomic E-state index is 0.246. The fourth-order valence-electron chi connectivity index (χ4n) is 18.3. The van der Waals surface area contributed by atoms with Crippen LogP contribution in [-0.4, -0.2) is 77.5 Å². The molecule has 0 saturated heterocycles. The molecule has 5 N–H and O–H groups in total. The Kier molecular flexibility index (Phi) is 23.6. The van der Waals surface area contributed by atoms with Crippen molar-refractivity contribution in [2.75, 3.05) is 0 Å². The van der Waals surface area contributed by atoms with Gasteiger partial charge in [-0.25, -0.2) is 19.9 Å². The third kappa shape index (κ3) is 16.6. The summed E-state index contributed by atoms with van der Waals surface area (Å²) in [5.74, 6) is 0.634. The van der Waals surface area contributed by atoms with Crippen LogP contribution < -0.4 is 10.9 Å². The first-order valence-electron chi connectivity index (χ1n) is 43.3. The van der Waals surface area contributed by atoms with Gasteiger partial charge in [0.2, 0.25) is 0 Å². The van der Waals surface area contributed by atoms with Gasteiger partial charge in [-0.3, -0.25) is 4.57 Å². The highest BCUT2D eigenvalue weighted by atomic mass is 79.9. The number of para-hydroxylation sites is 12. The number of H-pyrrole nitrogens is 1. The number of nitrogens with one attached hydrogen (secondary N) is 1. The first kappa shape index (κ1) is 85.1. The van der Waals surface area contributed by atoms with Crippen molar-refractivity contribution in [2.45, 2.75) is 6.42 Å². The quantitative estimate of drug-likeness (QED) is 0.0937. The van der Waals surface area contributed by atoms with Crippen LogP contribution in [0.1, 0.15) is 11.1 Å². The number of fused-ring (bicyclic) bond motifs is 20. The molecule has 26 rings (SSSR count). The maximum absolute atomic E-state index is 9.43. The molecule has 7 aromatic heterocycles. The summed E-state index contributed by atoms with van der Waals surface area (Å²) in [6, 6.07) is 143. The summed E-state index contributed by atoms with van der Waals surface area (Å²) in [5, 5.41) is 49.4. The summed E-state index contributed by atoms with van der Waals surface area (Å²) in [5.41, 5.74) is 29.3. The second kappa shape index (κ2) is 36.9. The highest BCUT2D eigenvalue weighted by Crippen LogP contribution is 2.43. The molecular formula is C113H76B2BrCl4N9O4. The Bertz CT molecular complexity index is 8710. The molecule has 0 spiro atoms. The van der Waals surface area contributed by atoms with E-state index < -0.39 is 14.2 Å². The summed E-state index contributed by atoms with van der Waals surface area (Å²) in [7, 11) is -2.93. The lowest BCUT2D eigenvalue weighted by atomic mass is 9.80. The fourth-order valence-corrected chi connectivity index (χ4v) is 19.4. The van der Waals surface area contributed by atoms with Gasteiger partial charge in [-0.05, 0) is 220 Å². The highest BCUT2D eigenvalue weighted by Gasteiger charge is 2.24. The molecule has 0 fully saturated rings. The van der Waals surface area contributed by atoms with Crippen molar-refractivity contribution in [2.24, 2.45) is 0 Å². The Morgan fingerprint density at radius 3 is 1.09 bits per heavy atom. The summed E-state index contributed by atoms with van der Waals surface area (Å²) in [6.45, 7) is 0. The Labute approximate surface area is 792 Å². The topological polar surface area (TPSA) is 168 Å². The van der Waals surface area contributed by atoms with E-state index in [9.17, 15) is 10.0 Å². The fraction of sp³-hybridized carbons (Fsp3) is 0.00885. The summed E-state index contributed by atoms with van der Waals surface area (Å²) in [4.78, 5) is 21.2. The van der Waals surface area contributed by atoms with Gasteiger partial charge < -0.3 is 38.8 Å². The van der Waals surface area contributed by atoms with Gasteiger partial charge in [0.25, 0.3) is 0 Å². The lowest BCUT2D eigenvalue weighted by Gasteiger charge is -2.10. The molecule has 1 aliphatic carbocycles. The molecule has 0 atom stereocenters. The largest absolute Gasteiger partial charge is 0.489 e. The van der Waals surface area contributed by atoms with Crippen molar-refractivity contribution >= 4 is 219 Å². The Morgan fingerprint density at radius 2 is 0.617 bits per heavy atom. The third-order valence-corrected chi connectivity index (χ3v) is 26.1. The number of nitrogens with zero attached hydrogens (tertiary/aromatic N) is 8. The molecule has 638 valence electrons. The van der Waals surface area contributed by atoms with Gasteiger partial charge in [0, 0.05) is 96.9 Å². The molecule has 25 aromatic rings. The number of rotatable bonds is 8. The molecule has 0 amide bonds. The van der Waals surface area contributed by atoms with E-state index in [-0.39, 0.29) is 10.3 Å². The molecule has 13 nitrogen and oxygen atoms in total. The number of halogens is 5. The maximum Gasteiger partial charge on any atom is 0.489 e. The third-order valence-electron chi connectivity index (χ3n) is 24.4. The van der Waals surface area contributed by atoms with Crippen LogP contribution in [0.2, 0.25) is 20.5 Å². The van der Waals surface area contributed by atoms with Gasteiger partial charge in [0.1, 0.15) is 0 Å². The Morgan fingerprint density at radius 1 is 0.263 bits per heavy atom. The maximum atomic E-state index is 9.43. The van der Waals surface area contributed by atoms with Crippen LogP contribution in [0.3, 0.4) is 0 Å². The molecule has 0 bridgehead atoms. The number of aromatic nitrogens is 9. The average Bonchev–Trinajstić information content (AvgIpc) is 1.57. The van der Waals surface area contributed by atoms with Crippen molar-refractivity contribution < 1.29 is 20.1 Å². The first-order chi connectivity index (χ1) is 65.2. The number of aromatic amines is 1. The Balaban J connectivity index is 0.000000104. The number of hydrogen-bond donors (Lipinski definition) is 5. The zero-order valence-corrected chi connectivity index (χ0v) is 75.6. The van der Waals surface area contributed by atoms with Gasteiger partial charge in [-0.15, -0.1) is 0 Å². The van der Waals surface area contributed by atoms with E-state index in [2.05, 4.69) is 351 Å². The van der Waals surface area contributed by atoms with E-state index >= 15 is 0 Å². The molecule has 7 heterocycles. The molecule has 20 heteroatoms. The van der Waals surface area contributed by atoms with E-state index in [1.54, 1.807) is 30.3 Å². The molecule has 0 unspecified atom stereocenters. The minimum Gasteiger partial charge on any atom is -0.423 e. The second-order valence-electron chi connectivity index (χ2n) is 32.3. The van der Waals surface area contributed by atoms with E-state index in [1.165, 1.54) is 110 Å². The van der Waals surface area contributed by atoms with Crippen molar-refractivity contribution in [3.8, 4) is 56.3 Å². The molecule has 1 aliphatic rings. The highest BCUT2D eigenvalue weighted by molar-refractivity contribution is 9.10. The van der Waals surface area contributed by atoms with E-state index in [4.69, 9.17) is 61.4 Å². The van der Waals surface area contributed by atoms with Crippen LogP contribution in [0.15, 0.2) is 423 Å². The van der Waals surface area contributed by atoms with Crippen LogP contribution in [-0.2, 0) is 6.42 Å². The van der Waals surface area contributed by atoms with E-state index in [1.807, 2.05) is 91.0 Å². The summed E-state index contributed by atoms with van der Waals surface area (Å²) >= 11 is 27.3. The van der Waals surface area contributed by atoms with Gasteiger partial charge in [0.05, 0.1) is 66.2 Å². The Hall–Kier alpha value is -14.8. The standard InChI is InChI=1S/C38H23ClN4.C30H20N2.C18H14BNO2.C13H9Br.C8H4Cl2N2.C6H6BClO2/c39-37-38(41-32-15-7-6-14-31(32)40-37)43-34-17-9-5-13-28(34)30-23-25(19-21-36(30)43)24-18-20-35-29(22-24)27-12-4-8-16-33(27)42(35)26-10-2-1-3-11-26;1-2-8-22(9-3-1)32-29-13-7-5-11-24(29)26-19-21(15-17-30(26)32)20-14-16-28-25(18-20)23-10-4-6-12-27(23)31-28;21-19(22)13-10-11-18-16(12-13)15-8-4-5-9-17(15)20(18)14-6-2-1-3-7-14;14-11-6-5-10-7-9-3-1-2-4-12(9)13(10)8-11;9-7-8(10)12-6-4-2-1-3-5(6)11-7;8-6-4-2-1-3-5(6)7(9)10/h1-23H;1-19,31H;1-12,21-22H;1-6,8H,7H2;1-4H;1-4,9-10H. The van der Waals surface area contributed by atoms with Gasteiger partial charge >= 0.3 is 14.2 Å². The first-order valence-corrected chi connectivity index (χ1v) is 45.6. The number of hydrogen-bond acceptors (Lipinski definition) is 8. The summed E-state index contributed by atoms with van der Waals surface area (Å²) < 4.78 is 10.2. The van der Waals surface area contributed by atoms with Gasteiger partial charge in [-0.1, -0.05) is 317 Å². The van der Waals surface area contributed by atoms with E-state index in [0.29, 0.717) is 26.9 Å². The van der Waals surface area contributed by atoms with Crippen molar-refractivity contribution in [1.29, 1.82) is 0 Å². The van der Waals surface area contributed by atoms with Crippen LogP contribution in [0, 0.1) is 0 Å². The molecule has 0 aliphatic heterocycles. The zero-order chi connectivity index (χ0) is 90.3. The molecular weight excluding hydrogens is 1790 g/mol. The number of benzene rings is 18. The van der Waals surface area contributed by atoms with Gasteiger partial charge in [0.15, 0.2) is 21.3 Å². The smallest absolute Gasteiger partial charge is 0.423 e. The minimum atomic E-state index is -1.48. The average molecular weight is 1870 g/mol. The second-order valence-corrected chi connectivity index (χ2v) is 34.7. The molecule has 0 radical (unpaired) electrons. The van der Waals surface area contributed by atoms with Crippen molar-refractivity contribution in [1.82, 2.24) is 43.2 Å². The van der Waals surface area contributed by atoms with Crippen molar-refractivity contribution in [3.63, 3.8) is 0 Å². The van der Waals surface area contributed by atoms with Crippen LogP contribution >= 0.6 is 62.3 Å². The van der Waals surface area contributed by atoms with E-state index in [0.717, 1.165) is 93.5 Å². The predicted molar refractivity (Wildman–Crippen MR) is 558 cm³/mol. The normalized spacial score (nSPS) is 11.5. The lowest BCUT2D eigenvalue weighted by molar-refractivity contribution is 0.424. The summed E-state index contributed by atoms with van der Waals surface area (Å²) in [6.07, 6.45) is 1.08. The molecule has 0 saturated carbocycles. The zero-order valence-electron chi connectivity index (χ0n) is 71.0. The predicted octanol–water partition coefficient (Wildman–Crippen LogP) is 27.7. The van der Waals surface area contributed by atoms with Crippen LogP contribution in [0.25, 0.3) is 187 Å². The molecule has 133 heavy (non-hydrogen) atoms. The van der Waals surface area contributed by atoms with Crippen LogP contribution in [0.5, 0.6) is 0 Å². The monoisotopic (exact) mass is 1860 g/mol. The van der Waals surface area contributed by atoms with Crippen LogP contribution in [0.4, 0.5) is 0 Å². The van der Waals surface area contributed by atoms with Gasteiger partial charge in [-0.2, -0.15) is 0 Å².